The van der Waals surface area contributed by atoms with Gasteiger partial charge in [-0.25, -0.2) is 14.8 Å². The van der Waals surface area contributed by atoms with Crippen molar-refractivity contribution in [3.05, 3.63) is 71.4 Å². The summed E-state index contributed by atoms with van der Waals surface area (Å²) in [6.45, 7) is 2.56. The summed E-state index contributed by atoms with van der Waals surface area (Å²) in [6, 6.07) is 16.9. The van der Waals surface area contributed by atoms with Gasteiger partial charge in [0.15, 0.2) is 11.5 Å². The van der Waals surface area contributed by atoms with Gasteiger partial charge in [-0.2, -0.15) is 0 Å². The molecule has 2 aromatic heterocycles. The first-order chi connectivity index (χ1) is 15.2. The number of ether oxygens (including phenoxy) is 1. The number of aromatic nitrogens is 4. The Morgan fingerprint density at radius 3 is 2.45 bits per heavy atom. The number of nitrogens with one attached hydrogen (secondary N) is 1. The van der Waals surface area contributed by atoms with Gasteiger partial charge in [-0.15, -0.1) is 0 Å². The maximum absolute atomic E-state index is 13.4. The van der Waals surface area contributed by atoms with Crippen molar-refractivity contribution in [3.63, 3.8) is 0 Å². The molecule has 2 aromatic carbocycles. The van der Waals surface area contributed by atoms with Crippen LogP contribution in [-0.2, 0) is 6.54 Å². The van der Waals surface area contributed by atoms with Crippen molar-refractivity contribution in [2.24, 2.45) is 5.92 Å². The lowest BCUT2D eigenvalue weighted by Gasteiger charge is -2.22. The largest absolute Gasteiger partial charge is 0.457 e. The second-order valence-electron chi connectivity index (χ2n) is 7.76. The van der Waals surface area contributed by atoms with Crippen LogP contribution >= 0.6 is 0 Å². The zero-order valence-corrected chi connectivity index (χ0v) is 17.1. The van der Waals surface area contributed by atoms with Gasteiger partial charge in [-0.1, -0.05) is 18.2 Å². The van der Waals surface area contributed by atoms with Gasteiger partial charge < -0.3 is 15.8 Å². The third kappa shape index (κ3) is 3.77. The minimum Gasteiger partial charge on any atom is -0.457 e. The quantitative estimate of drug-likeness (QED) is 0.519. The average molecular weight is 416 g/mol. The van der Waals surface area contributed by atoms with Crippen LogP contribution in [0.5, 0.6) is 11.5 Å². The molecule has 8 nitrogen and oxygen atoms in total. The highest BCUT2D eigenvalue weighted by Crippen LogP contribution is 2.25. The lowest BCUT2D eigenvalue weighted by atomic mass is 9.98. The molecule has 0 unspecified atom stereocenters. The molecule has 8 heteroatoms. The Morgan fingerprint density at radius 1 is 1.00 bits per heavy atom. The van der Waals surface area contributed by atoms with Crippen LogP contribution in [0.15, 0.2) is 65.7 Å². The Balaban J connectivity index is 1.53. The molecule has 0 atom stereocenters. The fourth-order valence-electron chi connectivity index (χ4n) is 4.12. The second kappa shape index (κ2) is 8.23. The Morgan fingerprint density at radius 2 is 1.71 bits per heavy atom. The monoisotopic (exact) mass is 416 g/mol. The molecule has 0 aliphatic carbocycles. The third-order valence-corrected chi connectivity index (χ3v) is 5.71. The van der Waals surface area contributed by atoms with Crippen LogP contribution in [0.4, 0.5) is 5.82 Å². The SMILES string of the molecule is Nc1ncnc2c1n(-c1ccc(Oc3ccccc3)cc1)c(=O)n2CC1CCNCC1. The number of rotatable bonds is 5. The van der Waals surface area contributed by atoms with Gasteiger partial charge in [0.05, 0.1) is 5.69 Å². The van der Waals surface area contributed by atoms with Crippen LogP contribution < -0.4 is 21.5 Å². The summed E-state index contributed by atoms with van der Waals surface area (Å²) in [6.07, 6.45) is 3.48. The minimum atomic E-state index is -0.155. The van der Waals surface area contributed by atoms with Gasteiger partial charge in [-0.05, 0) is 68.2 Å². The van der Waals surface area contributed by atoms with Gasteiger partial charge in [-0.3, -0.25) is 9.13 Å². The highest BCUT2D eigenvalue weighted by Gasteiger charge is 2.22. The third-order valence-electron chi connectivity index (χ3n) is 5.71. The molecule has 0 spiro atoms. The van der Waals surface area contributed by atoms with Crippen LogP contribution in [0.3, 0.4) is 0 Å². The number of hydrogen-bond donors (Lipinski definition) is 2. The Labute approximate surface area is 179 Å². The molecule has 4 aromatic rings. The van der Waals surface area contributed by atoms with E-state index in [0.717, 1.165) is 31.7 Å². The van der Waals surface area contributed by atoms with Crippen LogP contribution in [0.25, 0.3) is 16.9 Å². The lowest BCUT2D eigenvalue weighted by Crippen LogP contribution is -2.33. The Bertz CT molecular complexity index is 1240. The molecule has 1 fully saturated rings. The summed E-state index contributed by atoms with van der Waals surface area (Å²) in [5, 5.41) is 3.36. The van der Waals surface area contributed by atoms with E-state index in [-0.39, 0.29) is 11.5 Å². The number of para-hydroxylation sites is 1. The number of piperidine rings is 1. The summed E-state index contributed by atoms with van der Waals surface area (Å²) >= 11 is 0. The first-order valence-corrected chi connectivity index (χ1v) is 10.5. The van der Waals surface area contributed by atoms with E-state index < -0.39 is 0 Å². The molecule has 158 valence electrons. The standard InChI is InChI=1S/C23H24N6O2/c24-21-20-22(27-15-26-21)28(14-16-10-12-25-13-11-16)23(30)29(20)17-6-8-19(9-7-17)31-18-4-2-1-3-5-18/h1-9,15-16,25H,10-14H2,(H2,24,26,27). The highest BCUT2D eigenvalue weighted by molar-refractivity contribution is 5.84. The Hall–Kier alpha value is -3.65. The number of benzene rings is 2. The number of nitrogen functional groups attached to an aromatic ring is 1. The molecule has 1 aliphatic rings. The van der Waals surface area contributed by atoms with Gasteiger partial charge in [0.2, 0.25) is 0 Å². The normalized spacial score (nSPS) is 14.7. The number of anilines is 1. The molecule has 0 radical (unpaired) electrons. The lowest BCUT2D eigenvalue weighted by molar-refractivity contribution is 0.332. The minimum absolute atomic E-state index is 0.155. The van der Waals surface area contributed by atoms with E-state index in [1.54, 1.807) is 9.13 Å². The molecule has 3 heterocycles. The highest BCUT2D eigenvalue weighted by atomic mass is 16.5. The van der Waals surface area contributed by atoms with Crippen molar-refractivity contribution in [2.45, 2.75) is 19.4 Å². The molecule has 1 aliphatic heterocycles. The molecule has 31 heavy (non-hydrogen) atoms. The zero-order valence-electron chi connectivity index (χ0n) is 17.1. The van der Waals surface area contributed by atoms with Crippen LogP contribution in [0, 0.1) is 5.92 Å². The van der Waals surface area contributed by atoms with Gasteiger partial charge in [0.1, 0.15) is 23.3 Å². The van der Waals surface area contributed by atoms with Crippen LogP contribution in [-0.4, -0.2) is 32.2 Å². The van der Waals surface area contributed by atoms with Crippen molar-refractivity contribution in [2.75, 3.05) is 18.8 Å². The van der Waals surface area contributed by atoms with E-state index in [4.69, 9.17) is 10.5 Å². The van der Waals surface area contributed by atoms with E-state index >= 15 is 0 Å². The van der Waals surface area contributed by atoms with Crippen molar-refractivity contribution in [3.8, 4) is 17.2 Å². The first-order valence-electron chi connectivity index (χ1n) is 10.5. The number of nitrogens with two attached hydrogens (primary N) is 1. The second-order valence-corrected chi connectivity index (χ2v) is 7.76. The smallest absolute Gasteiger partial charge is 0.335 e. The number of nitrogens with zero attached hydrogens (tertiary/aromatic N) is 4. The van der Waals surface area contributed by atoms with E-state index in [0.29, 0.717) is 35.1 Å². The first kappa shape index (κ1) is 19.3. The maximum Gasteiger partial charge on any atom is 0.335 e. The van der Waals surface area contributed by atoms with Crippen molar-refractivity contribution in [1.29, 1.82) is 0 Å². The molecule has 1 saturated heterocycles. The van der Waals surface area contributed by atoms with Crippen molar-refractivity contribution in [1.82, 2.24) is 24.4 Å². The number of hydrogen-bond acceptors (Lipinski definition) is 6. The zero-order chi connectivity index (χ0) is 21.2. The molecule has 3 N–H and O–H groups in total. The average Bonchev–Trinajstić information content (AvgIpc) is 3.08. The Kier molecular flexibility index (Phi) is 5.13. The molecular weight excluding hydrogens is 392 g/mol. The summed E-state index contributed by atoms with van der Waals surface area (Å²) in [7, 11) is 0. The van der Waals surface area contributed by atoms with Gasteiger partial charge >= 0.3 is 5.69 Å². The van der Waals surface area contributed by atoms with Crippen LogP contribution in [0.2, 0.25) is 0 Å². The van der Waals surface area contributed by atoms with Crippen molar-refractivity contribution < 1.29 is 4.74 Å². The summed E-state index contributed by atoms with van der Waals surface area (Å²) < 4.78 is 9.20. The molecule has 5 rings (SSSR count). The van der Waals surface area contributed by atoms with Gasteiger partial charge in [0.25, 0.3) is 0 Å². The van der Waals surface area contributed by atoms with E-state index in [2.05, 4.69) is 15.3 Å². The molecule has 0 amide bonds. The fraction of sp³-hybridized carbons (Fsp3) is 0.261. The number of imidazole rings is 1. The van der Waals surface area contributed by atoms with E-state index in [1.807, 2.05) is 54.6 Å². The fourth-order valence-corrected chi connectivity index (χ4v) is 4.12. The molecule has 0 saturated carbocycles. The predicted molar refractivity (Wildman–Crippen MR) is 120 cm³/mol. The van der Waals surface area contributed by atoms with Crippen LogP contribution in [0.1, 0.15) is 12.8 Å². The summed E-state index contributed by atoms with van der Waals surface area (Å²) in [4.78, 5) is 22.0. The molecule has 0 bridgehead atoms. The summed E-state index contributed by atoms with van der Waals surface area (Å²) in [5.41, 5.74) is 7.83. The maximum atomic E-state index is 13.4. The van der Waals surface area contributed by atoms with Crippen molar-refractivity contribution >= 4 is 17.0 Å². The predicted octanol–water partition coefficient (Wildman–Crippen LogP) is 2.96. The summed E-state index contributed by atoms with van der Waals surface area (Å²) in [5.74, 6) is 2.15. The van der Waals surface area contributed by atoms with E-state index in [9.17, 15) is 4.79 Å². The van der Waals surface area contributed by atoms with Gasteiger partial charge in [0, 0.05) is 6.54 Å². The molecular formula is C23H24N6O2. The number of fused-ring (bicyclic) bond motifs is 1. The topological polar surface area (TPSA) is 100.0 Å². The van der Waals surface area contributed by atoms with E-state index in [1.165, 1.54) is 6.33 Å².